The quantitative estimate of drug-likeness (QED) is 0.802. The van der Waals surface area contributed by atoms with E-state index in [2.05, 4.69) is 26.2 Å². The maximum absolute atomic E-state index is 13.2. The number of rotatable bonds is 1. The van der Waals surface area contributed by atoms with E-state index in [0.29, 0.717) is 5.41 Å². The summed E-state index contributed by atoms with van der Waals surface area (Å²) >= 11 is 5.19. The lowest BCUT2D eigenvalue weighted by molar-refractivity contribution is 0.359. The van der Waals surface area contributed by atoms with Crippen molar-refractivity contribution in [2.75, 3.05) is 17.6 Å². The average molecular weight is 343 g/mol. The SMILES string of the molecule is Fc1ccc(Br)c(NC2=NCC3(CCCC3)CS2)c1. The fraction of sp³-hybridized carbons (Fsp3) is 0.500. The maximum Gasteiger partial charge on any atom is 0.161 e. The van der Waals surface area contributed by atoms with E-state index in [0.717, 1.165) is 27.6 Å². The van der Waals surface area contributed by atoms with Gasteiger partial charge in [-0.25, -0.2) is 4.39 Å². The van der Waals surface area contributed by atoms with Gasteiger partial charge in [-0.15, -0.1) is 0 Å². The molecule has 1 aliphatic heterocycles. The van der Waals surface area contributed by atoms with Crippen molar-refractivity contribution in [1.82, 2.24) is 0 Å². The zero-order valence-corrected chi connectivity index (χ0v) is 13.0. The maximum atomic E-state index is 13.2. The normalized spacial score (nSPS) is 21.5. The summed E-state index contributed by atoms with van der Waals surface area (Å²) in [5.74, 6) is 0.894. The molecule has 19 heavy (non-hydrogen) atoms. The molecule has 1 N–H and O–H groups in total. The van der Waals surface area contributed by atoms with Crippen LogP contribution < -0.4 is 5.32 Å². The Hall–Kier alpha value is -0.550. The van der Waals surface area contributed by atoms with Gasteiger partial charge < -0.3 is 5.32 Å². The van der Waals surface area contributed by atoms with Crippen LogP contribution in [0.3, 0.4) is 0 Å². The van der Waals surface area contributed by atoms with Crippen LogP contribution >= 0.6 is 27.7 Å². The summed E-state index contributed by atoms with van der Waals surface area (Å²) < 4.78 is 14.1. The van der Waals surface area contributed by atoms with Crippen LogP contribution in [0.4, 0.5) is 10.1 Å². The second-order valence-electron chi connectivity index (χ2n) is 5.37. The Kier molecular flexibility index (Phi) is 3.85. The van der Waals surface area contributed by atoms with Crippen molar-refractivity contribution in [2.45, 2.75) is 25.7 Å². The monoisotopic (exact) mass is 342 g/mol. The first-order valence-electron chi connectivity index (χ1n) is 6.56. The molecule has 5 heteroatoms. The van der Waals surface area contributed by atoms with Gasteiger partial charge in [0.05, 0.1) is 5.69 Å². The average Bonchev–Trinajstić information content (AvgIpc) is 2.85. The first-order chi connectivity index (χ1) is 9.17. The minimum atomic E-state index is -0.237. The Bertz CT molecular complexity index is 512. The summed E-state index contributed by atoms with van der Waals surface area (Å²) in [6.07, 6.45) is 5.30. The fourth-order valence-corrected chi connectivity index (χ4v) is 4.27. The van der Waals surface area contributed by atoms with Gasteiger partial charge in [-0.2, -0.15) is 0 Å². The number of amidine groups is 1. The summed E-state index contributed by atoms with van der Waals surface area (Å²) in [6.45, 7) is 0.912. The van der Waals surface area contributed by atoms with E-state index in [1.165, 1.54) is 37.8 Å². The molecule has 0 saturated heterocycles. The second kappa shape index (κ2) is 5.44. The topological polar surface area (TPSA) is 24.4 Å². The predicted octanol–water partition coefficient (Wildman–Crippen LogP) is 4.66. The molecule has 1 heterocycles. The van der Waals surface area contributed by atoms with Gasteiger partial charge in [0.15, 0.2) is 5.17 Å². The number of hydrogen-bond donors (Lipinski definition) is 1. The van der Waals surface area contributed by atoms with Crippen LogP contribution in [0.25, 0.3) is 0 Å². The highest BCUT2D eigenvalue weighted by Crippen LogP contribution is 2.43. The molecule has 1 aromatic carbocycles. The van der Waals surface area contributed by atoms with Crippen molar-refractivity contribution in [3.8, 4) is 0 Å². The molecule has 0 radical (unpaired) electrons. The van der Waals surface area contributed by atoms with Crippen LogP contribution in [0, 0.1) is 11.2 Å². The molecule has 0 atom stereocenters. The summed E-state index contributed by atoms with van der Waals surface area (Å²) in [5, 5.41) is 4.13. The number of aliphatic imine (C=N–C) groups is 1. The van der Waals surface area contributed by atoms with Crippen molar-refractivity contribution in [3.63, 3.8) is 0 Å². The van der Waals surface area contributed by atoms with Crippen LogP contribution in [0.15, 0.2) is 27.7 Å². The first kappa shape index (κ1) is 13.4. The highest BCUT2D eigenvalue weighted by molar-refractivity contribution is 9.10. The Morgan fingerprint density at radius 2 is 2.11 bits per heavy atom. The van der Waals surface area contributed by atoms with E-state index in [1.807, 2.05) is 0 Å². The highest BCUT2D eigenvalue weighted by atomic mass is 79.9. The van der Waals surface area contributed by atoms with E-state index < -0.39 is 0 Å². The van der Waals surface area contributed by atoms with Gasteiger partial charge in [0.25, 0.3) is 0 Å². The molecule has 2 nitrogen and oxygen atoms in total. The standard InChI is InChI=1S/C14H16BrFN2S/c15-11-4-3-10(16)7-12(11)18-13-17-8-14(9-19-13)5-1-2-6-14/h3-4,7H,1-2,5-6,8-9H2,(H,17,18). The van der Waals surface area contributed by atoms with Crippen molar-refractivity contribution in [2.24, 2.45) is 10.4 Å². The molecular formula is C14H16BrFN2S. The van der Waals surface area contributed by atoms with Crippen molar-refractivity contribution >= 4 is 38.5 Å². The molecule has 0 unspecified atom stereocenters. The molecule has 0 bridgehead atoms. The molecular weight excluding hydrogens is 327 g/mol. The van der Waals surface area contributed by atoms with Gasteiger partial charge in [-0.1, -0.05) is 24.6 Å². The highest BCUT2D eigenvalue weighted by Gasteiger charge is 2.36. The minimum absolute atomic E-state index is 0.237. The summed E-state index contributed by atoms with van der Waals surface area (Å²) in [5.41, 5.74) is 1.18. The Balaban J connectivity index is 1.71. The number of nitrogens with zero attached hydrogens (tertiary/aromatic N) is 1. The molecule has 102 valence electrons. The van der Waals surface area contributed by atoms with E-state index in [-0.39, 0.29) is 5.82 Å². The molecule has 0 amide bonds. The van der Waals surface area contributed by atoms with Crippen molar-refractivity contribution < 1.29 is 4.39 Å². The van der Waals surface area contributed by atoms with Crippen molar-refractivity contribution in [3.05, 3.63) is 28.5 Å². The molecule has 1 fully saturated rings. The van der Waals surface area contributed by atoms with Gasteiger partial charge in [0, 0.05) is 16.8 Å². The first-order valence-corrected chi connectivity index (χ1v) is 8.34. The van der Waals surface area contributed by atoms with Crippen molar-refractivity contribution in [1.29, 1.82) is 0 Å². The molecule has 3 rings (SSSR count). The predicted molar refractivity (Wildman–Crippen MR) is 83.4 cm³/mol. The van der Waals surface area contributed by atoms with Crippen LogP contribution in [-0.2, 0) is 0 Å². The minimum Gasteiger partial charge on any atom is -0.334 e. The van der Waals surface area contributed by atoms with Gasteiger partial charge in [0.1, 0.15) is 5.82 Å². The number of nitrogens with one attached hydrogen (secondary N) is 1. The number of hydrogen-bond acceptors (Lipinski definition) is 3. The molecule has 1 saturated carbocycles. The lowest BCUT2D eigenvalue weighted by atomic mass is 9.89. The largest absolute Gasteiger partial charge is 0.334 e. The molecule has 1 aromatic rings. The lowest BCUT2D eigenvalue weighted by Crippen LogP contribution is -2.30. The van der Waals surface area contributed by atoms with Crippen LogP contribution in [0.5, 0.6) is 0 Å². The number of anilines is 1. The Morgan fingerprint density at radius 3 is 2.79 bits per heavy atom. The Labute approximate surface area is 125 Å². The van der Waals surface area contributed by atoms with Gasteiger partial charge in [-0.3, -0.25) is 4.99 Å². The van der Waals surface area contributed by atoms with Crippen LogP contribution in [0.1, 0.15) is 25.7 Å². The number of benzene rings is 1. The second-order valence-corrected chi connectivity index (χ2v) is 7.18. The lowest BCUT2D eigenvalue weighted by Gasteiger charge is -2.31. The third-order valence-corrected chi connectivity index (χ3v) is 5.86. The smallest absolute Gasteiger partial charge is 0.161 e. The van der Waals surface area contributed by atoms with Gasteiger partial charge in [-0.05, 0) is 52.4 Å². The van der Waals surface area contributed by atoms with Gasteiger partial charge in [0.2, 0.25) is 0 Å². The number of thioether (sulfide) groups is 1. The summed E-state index contributed by atoms with van der Waals surface area (Å²) in [7, 11) is 0. The fourth-order valence-electron chi connectivity index (χ4n) is 2.76. The molecule has 1 spiro atoms. The third kappa shape index (κ3) is 2.97. The third-order valence-electron chi connectivity index (χ3n) is 3.91. The zero-order chi connectivity index (χ0) is 13.3. The molecule has 0 aromatic heterocycles. The zero-order valence-electron chi connectivity index (χ0n) is 10.6. The van der Waals surface area contributed by atoms with E-state index in [4.69, 9.17) is 0 Å². The summed E-state index contributed by atoms with van der Waals surface area (Å²) in [6, 6.07) is 4.65. The summed E-state index contributed by atoms with van der Waals surface area (Å²) in [4.78, 5) is 4.66. The van der Waals surface area contributed by atoms with Crippen LogP contribution in [-0.4, -0.2) is 17.5 Å². The van der Waals surface area contributed by atoms with Crippen LogP contribution in [0.2, 0.25) is 0 Å². The van der Waals surface area contributed by atoms with E-state index in [9.17, 15) is 4.39 Å². The molecule has 1 aliphatic carbocycles. The van der Waals surface area contributed by atoms with E-state index in [1.54, 1.807) is 17.8 Å². The Morgan fingerprint density at radius 1 is 1.32 bits per heavy atom. The van der Waals surface area contributed by atoms with E-state index >= 15 is 0 Å². The number of halogens is 2. The van der Waals surface area contributed by atoms with Gasteiger partial charge >= 0.3 is 0 Å². The molecule has 2 aliphatic rings.